The molecule has 2 rings (SSSR count). The Morgan fingerprint density at radius 3 is 2.81 bits per heavy atom. The van der Waals surface area contributed by atoms with Crippen molar-refractivity contribution in [1.29, 1.82) is 0 Å². The van der Waals surface area contributed by atoms with Crippen molar-refractivity contribution in [2.75, 3.05) is 5.32 Å². The molecule has 3 nitrogen and oxygen atoms in total. The third-order valence-corrected chi connectivity index (χ3v) is 2.91. The van der Waals surface area contributed by atoms with Crippen LogP contribution in [0.3, 0.4) is 0 Å². The fourth-order valence-corrected chi connectivity index (χ4v) is 1.90. The molecular weight excluding hydrogens is 222 g/mol. The molecular formula is C12H14ClN3. The minimum atomic E-state index is 0.723. The molecule has 0 aliphatic carbocycles. The van der Waals surface area contributed by atoms with E-state index in [1.165, 1.54) is 0 Å². The van der Waals surface area contributed by atoms with Gasteiger partial charge in [0.2, 0.25) is 0 Å². The van der Waals surface area contributed by atoms with Gasteiger partial charge in [0.15, 0.2) is 0 Å². The molecule has 16 heavy (non-hydrogen) atoms. The van der Waals surface area contributed by atoms with Gasteiger partial charge in [0.1, 0.15) is 0 Å². The quantitative estimate of drug-likeness (QED) is 0.887. The standard InChI is InChI=1S/C12H14ClN3/c1-9-4-3-5-11(13)12(9)14-8-10-6-7-15-16(10)2/h3-7,14H,8H2,1-2H3. The number of rotatable bonds is 3. The maximum atomic E-state index is 6.12. The highest BCUT2D eigenvalue weighted by atomic mass is 35.5. The van der Waals surface area contributed by atoms with Crippen molar-refractivity contribution < 1.29 is 0 Å². The van der Waals surface area contributed by atoms with Gasteiger partial charge in [0.05, 0.1) is 22.9 Å². The number of aromatic nitrogens is 2. The normalized spacial score (nSPS) is 10.4. The molecule has 0 saturated carbocycles. The summed E-state index contributed by atoms with van der Waals surface area (Å²) in [6.45, 7) is 2.76. The summed E-state index contributed by atoms with van der Waals surface area (Å²) < 4.78 is 1.85. The maximum Gasteiger partial charge on any atom is 0.0640 e. The fraction of sp³-hybridized carbons (Fsp3) is 0.250. The van der Waals surface area contributed by atoms with Crippen molar-refractivity contribution in [2.45, 2.75) is 13.5 Å². The molecule has 0 spiro atoms. The maximum absolute atomic E-state index is 6.12. The van der Waals surface area contributed by atoms with Crippen LogP contribution in [0.1, 0.15) is 11.3 Å². The number of benzene rings is 1. The Bertz CT molecular complexity index is 471. The molecule has 1 N–H and O–H groups in total. The van der Waals surface area contributed by atoms with Gasteiger partial charge in [0, 0.05) is 13.2 Å². The van der Waals surface area contributed by atoms with Gasteiger partial charge in [-0.15, -0.1) is 0 Å². The SMILES string of the molecule is Cc1cccc(Cl)c1NCc1ccnn1C. The first-order valence-electron chi connectivity index (χ1n) is 5.14. The first-order chi connectivity index (χ1) is 7.68. The lowest BCUT2D eigenvalue weighted by Crippen LogP contribution is -2.06. The first-order valence-corrected chi connectivity index (χ1v) is 5.52. The highest BCUT2D eigenvalue weighted by Crippen LogP contribution is 2.25. The topological polar surface area (TPSA) is 29.9 Å². The molecule has 0 radical (unpaired) electrons. The summed E-state index contributed by atoms with van der Waals surface area (Å²) >= 11 is 6.12. The second-order valence-electron chi connectivity index (χ2n) is 3.73. The summed E-state index contributed by atoms with van der Waals surface area (Å²) in [4.78, 5) is 0. The number of aryl methyl sites for hydroxylation is 2. The highest BCUT2D eigenvalue weighted by molar-refractivity contribution is 6.33. The molecule has 1 aromatic heterocycles. The summed E-state index contributed by atoms with van der Waals surface area (Å²) in [5, 5.41) is 8.20. The van der Waals surface area contributed by atoms with Crippen molar-refractivity contribution in [1.82, 2.24) is 9.78 Å². The second-order valence-corrected chi connectivity index (χ2v) is 4.14. The molecule has 4 heteroatoms. The monoisotopic (exact) mass is 235 g/mol. The summed E-state index contributed by atoms with van der Waals surface area (Å²) in [5.74, 6) is 0. The van der Waals surface area contributed by atoms with Gasteiger partial charge in [-0.05, 0) is 24.6 Å². The molecule has 84 valence electrons. The van der Waals surface area contributed by atoms with Crippen LogP contribution in [0.5, 0.6) is 0 Å². The molecule has 0 saturated heterocycles. The van der Waals surface area contributed by atoms with Crippen LogP contribution in [0.4, 0.5) is 5.69 Å². The van der Waals surface area contributed by atoms with E-state index in [1.807, 2.05) is 42.9 Å². The smallest absolute Gasteiger partial charge is 0.0640 e. The predicted molar refractivity (Wildman–Crippen MR) is 66.7 cm³/mol. The van der Waals surface area contributed by atoms with Gasteiger partial charge in [-0.2, -0.15) is 5.10 Å². The average Bonchev–Trinajstić information content (AvgIpc) is 2.64. The Balaban J connectivity index is 2.14. The van der Waals surface area contributed by atoms with E-state index in [9.17, 15) is 0 Å². The van der Waals surface area contributed by atoms with E-state index in [-0.39, 0.29) is 0 Å². The lowest BCUT2D eigenvalue weighted by atomic mass is 10.2. The van der Waals surface area contributed by atoms with Crippen LogP contribution in [0.2, 0.25) is 5.02 Å². The third kappa shape index (κ3) is 2.19. The van der Waals surface area contributed by atoms with Gasteiger partial charge < -0.3 is 5.32 Å². The van der Waals surface area contributed by atoms with Crippen LogP contribution in [0.15, 0.2) is 30.5 Å². The Morgan fingerprint density at radius 2 is 2.19 bits per heavy atom. The van der Waals surface area contributed by atoms with E-state index in [4.69, 9.17) is 11.6 Å². The number of anilines is 1. The zero-order chi connectivity index (χ0) is 11.5. The zero-order valence-electron chi connectivity index (χ0n) is 9.37. The summed E-state index contributed by atoms with van der Waals surface area (Å²) in [6.07, 6.45) is 1.79. The number of hydrogen-bond donors (Lipinski definition) is 1. The molecule has 1 heterocycles. The van der Waals surface area contributed by atoms with Gasteiger partial charge in [-0.1, -0.05) is 23.7 Å². The van der Waals surface area contributed by atoms with Crippen molar-refractivity contribution in [3.63, 3.8) is 0 Å². The Hall–Kier alpha value is -1.48. The van der Waals surface area contributed by atoms with E-state index >= 15 is 0 Å². The second kappa shape index (κ2) is 4.58. The number of nitrogens with one attached hydrogen (secondary N) is 1. The highest BCUT2D eigenvalue weighted by Gasteiger charge is 2.04. The molecule has 1 aromatic carbocycles. The summed E-state index contributed by atoms with van der Waals surface area (Å²) in [6, 6.07) is 7.86. The Labute approximate surface area is 100 Å². The van der Waals surface area contributed by atoms with Gasteiger partial charge in [-0.3, -0.25) is 4.68 Å². The van der Waals surface area contributed by atoms with E-state index in [0.29, 0.717) is 0 Å². The van der Waals surface area contributed by atoms with Gasteiger partial charge >= 0.3 is 0 Å². The summed E-state index contributed by atoms with van der Waals surface area (Å²) in [7, 11) is 1.93. The molecule has 2 aromatic rings. The molecule has 0 amide bonds. The minimum Gasteiger partial charge on any atom is -0.378 e. The van der Waals surface area contributed by atoms with Crippen molar-refractivity contribution in [3.05, 3.63) is 46.7 Å². The van der Waals surface area contributed by atoms with Gasteiger partial charge in [-0.25, -0.2) is 0 Å². The number of halogens is 1. The molecule has 0 unspecified atom stereocenters. The van der Waals surface area contributed by atoms with E-state index < -0.39 is 0 Å². The molecule has 0 fully saturated rings. The van der Waals surface area contributed by atoms with Crippen molar-refractivity contribution >= 4 is 17.3 Å². The lowest BCUT2D eigenvalue weighted by molar-refractivity contribution is 0.720. The molecule has 0 atom stereocenters. The number of hydrogen-bond acceptors (Lipinski definition) is 2. The van der Waals surface area contributed by atoms with Crippen molar-refractivity contribution in [2.24, 2.45) is 7.05 Å². The van der Waals surface area contributed by atoms with Crippen LogP contribution in [0, 0.1) is 6.92 Å². The molecule has 0 bridgehead atoms. The summed E-state index contributed by atoms with van der Waals surface area (Å²) in [5.41, 5.74) is 3.26. The van der Waals surface area contributed by atoms with E-state index in [1.54, 1.807) is 6.20 Å². The van der Waals surface area contributed by atoms with Crippen molar-refractivity contribution in [3.8, 4) is 0 Å². The van der Waals surface area contributed by atoms with Crippen LogP contribution in [0.25, 0.3) is 0 Å². The zero-order valence-corrected chi connectivity index (χ0v) is 10.1. The fourth-order valence-electron chi connectivity index (χ4n) is 1.61. The van der Waals surface area contributed by atoms with Crippen LogP contribution in [-0.2, 0) is 13.6 Å². The Morgan fingerprint density at radius 1 is 1.38 bits per heavy atom. The Kier molecular flexibility index (Phi) is 3.15. The molecule has 0 aliphatic heterocycles. The largest absolute Gasteiger partial charge is 0.378 e. The van der Waals surface area contributed by atoms with Crippen LogP contribution < -0.4 is 5.32 Å². The van der Waals surface area contributed by atoms with Gasteiger partial charge in [0.25, 0.3) is 0 Å². The average molecular weight is 236 g/mol. The molecule has 0 aliphatic rings. The van der Waals surface area contributed by atoms with Crippen LogP contribution >= 0.6 is 11.6 Å². The minimum absolute atomic E-state index is 0.723. The van der Waals surface area contributed by atoms with Crippen LogP contribution in [-0.4, -0.2) is 9.78 Å². The van der Waals surface area contributed by atoms with E-state index in [2.05, 4.69) is 10.4 Å². The first kappa shape index (κ1) is 11.0. The number of nitrogens with zero attached hydrogens (tertiary/aromatic N) is 2. The number of para-hydroxylation sites is 1. The predicted octanol–water partition coefficient (Wildman–Crippen LogP) is 2.99. The van der Waals surface area contributed by atoms with E-state index in [0.717, 1.165) is 28.5 Å². The third-order valence-electron chi connectivity index (χ3n) is 2.59. The lowest BCUT2D eigenvalue weighted by Gasteiger charge is -2.11.